The highest BCUT2D eigenvalue weighted by molar-refractivity contribution is 5.80. The number of carboxylic acids is 1. The fourth-order valence-corrected chi connectivity index (χ4v) is 2.10. The quantitative estimate of drug-likeness (QED) is 0.863. The Morgan fingerprint density at radius 1 is 1.00 bits per heavy atom. The van der Waals surface area contributed by atoms with Gasteiger partial charge in [0.25, 0.3) is 0 Å². The molecule has 0 saturated heterocycles. The minimum Gasteiger partial charge on any atom is -0.480 e. The van der Waals surface area contributed by atoms with Crippen molar-refractivity contribution in [1.29, 1.82) is 0 Å². The molecule has 0 bridgehead atoms. The molecule has 0 aliphatic carbocycles. The summed E-state index contributed by atoms with van der Waals surface area (Å²) in [6, 6.07) is 18.8. The Morgan fingerprint density at radius 3 is 2.05 bits per heavy atom. The lowest BCUT2D eigenvalue weighted by molar-refractivity contribution is -0.144. The maximum atomic E-state index is 11.5. The molecule has 0 heterocycles. The molecule has 98 valence electrons. The van der Waals surface area contributed by atoms with Crippen molar-refractivity contribution < 1.29 is 9.90 Å². The van der Waals surface area contributed by atoms with Crippen molar-refractivity contribution in [3.8, 4) is 0 Å². The molecule has 2 rings (SSSR count). The molecular weight excluding hydrogens is 238 g/mol. The Labute approximate surface area is 112 Å². The molecule has 0 fully saturated rings. The van der Waals surface area contributed by atoms with E-state index in [9.17, 15) is 9.90 Å². The van der Waals surface area contributed by atoms with E-state index < -0.39 is 11.5 Å². The van der Waals surface area contributed by atoms with Gasteiger partial charge in [0, 0.05) is 0 Å². The van der Waals surface area contributed by atoms with Gasteiger partial charge in [-0.15, -0.1) is 0 Å². The molecule has 0 aromatic heterocycles. The first-order valence-corrected chi connectivity index (χ1v) is 6.24. The predicted octanol–water partition coefficient (Wildman–Crippen LogP) is 2.56. The zero-order valence-corrected chi connectivity index (χ0v) is 10.6. The van der Waals surface area contributed by atoms with Crippen LogP contribution in [0.2, 0.25) is 0 Å². The molecule has 0 spiro atoms. The van der Waals surface area contributed by atoms with Crippen molar-refractivity contribution in [2.24, 2.45) is 5.73 Å². The van der Waals surface area contributed by atoms with E-state index in [0.29, 0.717) is 18.4 Å². The van der Waals surface area contributed by atoms with Gasteiger partial charge < -0.3 is 10.8 Å². The van der Waals surface area contributed by atoms with E-state index in [1.807, 2.05) is 48.5 Å². The Balaban J connectivity index is 2.19. The SMILES string of the molecule is N[C@@](CCc1ccccc1)(C(=O)O)c1ccccc1. The number of rotatable bonds is 5. The molecule has 3 heteroatoms. The van der Waals surface area contributed by atoms with Gasteiger partial charge in [-0.05, 0) is 24.0 Å². The monoisotopic (exact) mass is 255 g/mol. The third kappa shape index (κ3) is 3.01. The van der Waals surface area contributed by atoms with Crippen LogP contribution >= 0.6 is 0 Å². The van der Waals surface area contributed by atoms with Crippen molar-refractivity contribution in [2.45, 2.75) is 18.4 Å². The van der Waals surface area contributed by atoms with Crippen LogP contribution in [0.5, 0.6) is 0 Å². The smallest absolute Gasteiger partial charge is 0.328 e. The second-order valence-electron chi connectivity index (χ2n) is 4.63. The third-order valence-electron chi connectivity index (χ3n) is 3.32. The summed E-state index contributed by atoms with van der Waals surface area (Å²) in [4.78, 5) is 11.5. The van der Waals surface area contributed by atoms with Crippen LogP contribution in [0.4, 0.5) is 0 Å². The average molecular weight is 255 g/mol. The van der Waals surface area contributed by atoms with Gasteiger partial charge in [0.2, 0.25) is 0 Å². The second kappa shape index (κ2) is 5.67. The van der Waals surface area contributed by atoms with E-state index in [4.69, 9.17) is 5.73 Å². The highest BCUT2D eigenvalue weighted by Crippen LogP contribution is 2.24. The zero-order valence-electron chi connectivity index (χ0n) is 10.6. The lowest BCUT2D eigenvalue weighted by Gasteiger charge is -2.25. The first kappa shape index (κ1) is 13.3. The number of carboxylic acid groups (broad SMARTS) is 1. The Morgan fingerprint density at radius 2 is 1.53 bits per heavy atom. The van der Waals surface area contributed by atoms with Crippen LogP contribution in [0.3, 0.4) is 0 Å². The summed E-state index contributed by atoms with van der Waals surface area (Å²) in [6.45, 7) is 0. The van der Waals surface area contributed by atoms with Gasteiger partial charge in [-0.1, -0.05) is 60.7 Å². The van der Waals surface area contributed by atoms with E-state index in [0.717, 1.165) is 5.56 Å². The molecule has 2 aromatic carbocycles. The zero-order chi connectivity index (χ0) is 13.7. The number of hydrogen-bond donors (Lipinski definition) is 2. The van der Waals surface area contributed by atoms with Crippen LogP contribution in [-0.2, 0) is 16.8 Å². The van der Waals surface area contributed by atoms with Crippen LogP contribution in [0.15, 0.2) is 60.7 Å². The van der Waals surface area contributed by atoms with Crippen LogP contribution in [0.25, 0.3) is 0 Å². The van der Waals surface area contributed by atoms with E-state index >= 15 is 0 Å². The molecule has 3 nitrogen and oxygen atoms in total. The maximum absolute atomic E-state index is 11.5. The van der Waals surface area contributed by atoms with E-state index in [1.54, 1.807) is 12.1 Å². The topological polar surface area (TPSA) is 63.3 Å². The Kier molecular flexibility index (Phi) is 3.97. The highest BCUT2D eigenvalue weighted by atomic mass is 16.4. The summed E-state index contributed by atoms with van der Waals surface area (Å²) in [5.41, 5.74) is 6.50. The molecule has 0 saturated carbocycles. The van der Waals surface area contributed by atoms with Gasteiger partial charge in [0.05, 0.1) is 0 Å². The van der Waals surface area contributed by atoms with Crippen LogP contribution in [0, 0.1) is 0 Å². The maximum Gasteiger partial charge on any atom is 0.328 e. The molecule has 0 radical (unpaired) electrons. The number of benzene rings is 2. The fourth-order valence-electron chi connectivity index (χ4n) is 2.10. The van der Waals surface area contributed by atoms with Crippen molar-refractivity contribution in [3.63, 3.8) is 0 Å². The van der Waals surface area contributed by atoms with Crippen molar-refractivity contribution in [3.05, 3.63) is 71.8 Å². The lowest BCUT2D eigenvalue weighted by Crippen LogP contribution is -2.45. The predicted molar refractivity (Wildman–Crippen MR) is 74.7 cm³/mol. The number of aryl methyl sites for hydroxylation is 1. The summed E-state index contributed by atoms with van der Waals surface area (Å²) >= 11 is 0. The number of hydrogen-bond acceptors (Lipinski definition) is 2. The van der Waals surface area contributed by atoms with Crippen LogP contribution in [0.1, 0.15) is 17.5 Å². The molecule has 2 aromatic rings. The van der Waals surface area contributed by atoms with E-state index in [-0.39, 0.29) is 0 Å². The van der Waals surface area contributed by atoms with Gasteiger partial charge >= 0.3 is 5.97 Å². The second-order valence-corrected chi connectivity index (χ2v) is 4.63. The first-order valence-electron chi connectivity index (χ1n) is 6.24. The molecule has 0 aliphatic rings. The molecule has 3 N–H and O–H groups in total. The molecule has 0 aliphatic heterocycles. The first-order chi connectivity index (χ1) is 9.13. The van der Waals surface area contributed by atoms with E-state index in [2.05, 4.69) is 0 Å². The number of nitrogens with two attached hydrogens (primary N) is 1. The minimum atomic E-state index is -1.34. The number of carbonyl (C=O) groups is 1. The largest absolute Gasteiger partial charge is 0.480 e. The highest BCUT2D eigenvalue weighted by Gasteiger charge is 2.35. The summed E-state index contributed by atoms with van der Waals surface area (Å²) < 4.78 is 0. The Bertz CT molecular complexity index is 539. The van der Waals surface area contributed by atoms with Crippen molar-refractivity contribution in [1.82, 2.24) is 0 Å². The summed E-state index contributed by atoms with van der Waals surface area (Å²) in [5, 5.41) is 9.44. The molecular formula is C16H17NO2. The van der Waals surface area contributed by atoms with Gasteiger partial charge in [0.1, 0.15) is 5.54 Å². The normalized spacial score (nSPS) is 13.7. The summed E-state index contributed by atoms with van der Waals surface area (Å²) in [6.07, 6.45) is 1.01. The van der Waals surface area contributed by atoms with Crippen molar-refractivity contribution in [2.75, 3.05) is 0 Å². The summed E-state index contributed by atoms with van der Waals surface area (Å²) in [5.74, 6) is -0.991. The third-order valence-corrected chi connectivity index (χ3v) is 3.32. The molecule has 1 atom stereocenters. The van der Waals surface area contributed by atoms with Gasteiger partial charge in [-0.2, -0.15) is 0 Å². The van der Waals surface area contributed by atoms with Crippen LogP contribution in [-0.4, -0.2) is 11.1 Å². The molecule has 0 amide bonds. The van der Waals surface area contributed by atoms with Gasteiger partial charge in [-0.25, -0.2) is 4.79 Å². The standard InChI is InChI=1S/C16H17NO2/c17-16(15(18)19,14-9-5-2-6-10-14)12-11-13-7-3-1-4-8-13/h1-10H,11-12,17H2,(H,18,19)/t16-/m1/s1. The summed E-state index contributed by atoms with van der Waals surface area (Å²) in [7, 11) is 0. The Hall–Kier alpha value is -2.13. The van der Waals surface area contributed by atoms with Crippen LogP contribution < -0.4 is 5.73 Å². The van der Waals surface area contributed by atoms with Crippen molar-refractivity contribution >= 4 is 5.97 Å². The van der Waals surface area contributed by atoms with E-state index in [1.165, 1.54) is 0 Å². The molecule has 0 unspecified atom stereocenters. The number of aliphatic carboxylic acids is 1. The molecule has 19 heavy (non-hydrogen) atoms. The lowest BCUT2D eigenvalue weighted by atomic mass is 9.85. The van der Waals surface area contributed by atoms with Gasteiger partial charge in [0.15, 0.2) is 0 Å². The van der Waals surface area contributed by atoms with Gasteiger partial charge in [-0.3, -0.25) is 0 Å². The minimum absolute atomic E-state index is 0.371. The average Bonchev–Trinajstić information content (AvgIpc) is 2.46. The fraction of sp³-hybridized carbons (Fsp3) is 0.188.